The molecular formula is C47H52F2N10O6. The lowest BCUT2D eigenvalue weighted by Gasteiger charge is -2.34. The lowest BCUT2D eigenvalue weighted by Crippen LogP contribution is -2.54. The first-order valence-corrected chi connectivity index (χ1v) is 22.8. The summed E-state index contributed by atoms with van der Waals surface area (Å²) < 4.78 is 33.2. The molecule has 10 rings (SSSR count). The molecule has 6 amide bonds. The summed E-state index contributed by atoms with van der Waals surface area (Å²) in [5.41, 5.74) is 7.30. The van der Waals surface area contributed by atoms with Crippen molar-refractivity contribution in [3.8, 4) is 11.1 Å². The zero-order chi connectivity index (χ0) is 45.3. The average Bonchev–Trinajstić information content (AvgIpc) is 4.07. The Morgan fingerprint density at radius 3 is 2.22 bits per heavy atom. The average molecular weight is 891 g/mol. The van der Waals surface area contributed by atoms with E-state index in [2.05, 4.69) is 24.9 Å². The molecule has 1 atom stereocenters. The third kappa shape index (κ3) is 7.78. The Kier molecular flexibility index (Phi) is 11.1. The van der Waals surface area contributed by atoms with Gasteiger partial charge < -0.3 is 14.7 Å². The van der Waals surface area contributed by atoms with Crippen LogP contribution in [0.5, 0.6) is 0 Å². The van der Waals surface area contributed by atoms with E-state index >= 15 is 0 Å². The van der Waals surface area contributed by atoms with E-state index in [0.29, 0.717) is 75.6 Å². The molecule has 340 valence electrons. The molecule has 2 aromatic carbocycles. The van der Waals surface area contributed by atoms with Crippen LogP contribution in [0.2, 0.25) is 0 Å². The van der Waals surface area contributed by atoms with Crippen LogP contribution in [0.3, 0.4) is 0 Å². The number of aromatic nitrogens is 4. The van der Waals surface area contributed by atoms with Crippen molar-refractivity contribution in [3.05, 3.63) is 81.3 Å². The minimum atomic E-state index is -2.69. The largest absolute Gasteiger partial charge is 0.343 e. The van der Waals surface area contributed by atoms with Gasteiger partial charge in [0.2, 0.25) is 23.6 Å². The number of nitrogens with zero attached hydrogens (tertiary/aromatic N) is 9. The number of amides is 6. The van der Waals surface area contributed by atoms with E-state index in [0.717, 1.165) is 83.6 Å². The molecule has 2 fully saturated rings. The molecule has 18 heteroatoms. The number of imide groups is 2. The summed E-state index contributed by atoms with van der Waals surface area (Å²) in [6, 6.07) is 6.08. The van der Waals surface area contributed by atoms with Crippen molar-refractivity contribution in [3.63, 3.8) is 0 Å². The number of hydrogen-bond donors (Lipinski definition) is 1. The van der Waals surface area contributed by atoms with Crippen molar-refractivity contribution in [1.29, 1.82) is 0 Å². The first-order chi connectivity index (χ1) is 31.3. The molecule has 6 aliphatic rings. The molecule has 0 radical (unpaired) electrons. The molecule has 0 spiro atoms. The quantitative estimate of drug-likeness (QED) is 0.170. The van der Waals surface area contributed by atoms with E-state index in [1.807, 2.05) is 15.9 Å². The summed E-state index contributed by atoms with van der Waals surface area (Å²) in [4.78, 5) is 86.0. The van der Waals surface area contributed by atoms with Crippen molar-refractivity contribution in [2.24, 2.45) is 7.05 Å². The van der Waals surface area contributed by atoms with Crippen LogP contribution in [0.15, 0.2) is 36.7 Å². The number of nitrogens with one attached hydrogen (secondary N) is 1. The minimum absolute atomic E-state index is 0.0215. The number of likely N-dealkylation sites (tertiary alicyclic amines) is 1. The highest BCUT2D eigenvalue weighted by Crippen LogP contribution is 2.44. The van der Waals surface area contributed by atoms with Gasteiger partial charge in [0.15, 0.2) is 5.82 Å². The van der Waals surface area contributed by atoms with E-state index in [1.54, 1.807) is 49.2 Å². The lowest BCUT2D eigenvalue weighted by atomic mass is 9.92. The van der Waals surface area contributed by atoms with Gasteiger partial charge in [-0.15, -0.1) is 0 Å². The molecular weight excluding hydrogens is 839 g/mol. The number of aryl methyl sites for hydroxylation is 2. The Morgan fingerprint density at radius 2 is 1.55 bits per heavy atom. The molecule has 2 aromatic heterocycles. The number of piperidine rings is 2. The van der Waals surface area contributed by atoms with Gasteiger partial charge in [-0.3, -0.25) is 53.2 Å². The fourth-order valence-electron chi connectivity index (χ4n) is 10.8. The van der Waals surface area contributed by atoms with Gasteiger partial charge in [0, 0.05) is 107 Å². The Hall–Kier alpha value is -6.30. The monoisotopic (exact) mass is 890 g/mol. The number of alkyl halides is 2. The van der Waals surface area contributed by atoms with E-state index in [1.165, 1.54) is 0 Å². The number of halogens is 2. The second kappa shape index (κ2) is 16.9. The van der Waals surface area contributed by atoms with E-state index < -0.39 is 36.1 Å². The van der Waals surface area contributed by atoms with E-state index in [9.17, 15) is 37.5 Å². The molecule has 4 aromatic rings. The van der Waals surface area contributed by atoms with Crippen LogP contribution >= 0.6 is 0 Å². The predicted molar refractivity (Wildman–Crippen MR) is 232 cm³/mol. The highest BCUT2D eigenvalue weighted by Gasteiger charge is 2.45. The maximum atomic E-state index is 14.7. The van der Waals surface area contributed by atoms with E-state index in [4.69, 9.17) is 5.10 Å². The predicted octanol–water partition coefficient (Wildman–Crippen LogP) is 4.96. The Labute approximate surface area is 374 Å². The van der Waals surface area contributed by atoms with Gasteiger partial charge in [0.1, 0.15) is 6.04 Å². The van der Waals surface area contributed by atoms with Crippen LogP contribution in [0.4, 0.5) is 20.3 Å². The number of rotatable bonds is 10. The summed E-state index contributed by atoms with van der Waals surface area (Å²) in [6.45, 7) is 6.32. The highest BCUT2D eigenvalue weighted by atomic mass is 19.3. The Morgan fingerprint density at radius 1 is 0.831 bits per heavy atom. The SMILES string of the molecule is CC(=O)N1CCc2c(c(N3CCCc4cc(-c5cnn(C)c5)c(C(F)F)cc43)nn2C2CCN(C(=O)CCCCN3Cc4cc5c(cc4C3)C(=O)N(C3CCC(=O)NC3=O)C5=O)CC2)C1. The summed E-state index contributed by atoms with van der Waals surface area (Å²) in [7, 11) is 1.77. The molecule has 6 aliphatic heterocycles. The van der Waals surface area contributed by atoms with Gasteiger partial charge >= 0.3 is 0 Å². The van der Waals surface area contributed by atoms with Crippen LogP contribution in [0, 0.1) is 0 Å². The van der Waals surface area contributed by atoms with Crippen molar-refractivity contribution in [1.82, 2.24) is 44.5 Å². The fraction of sp³-hybridized carbons (Fsp3) is 0.489. The maximum absolute atomic E-state index is 14.7. The normalized spacial score (nSPS) is 20.1. The smallest absolute Gasteiger partial charge is 0.264 e. The molecule has 8 heterocycles. The van der Waals surface area contributed by atoms with Crippen LogP contribution in [-0.2, 0) is 58.7 Å². The first-order valence-electron chi connectivity index (χ1n) is 22.8. The summed E-state index contributed by atoms with van der Waals surface area (Å²) in [5, 5.41) is 11.7. The third-order valence-electron chi connectivity index (χ3n) is 14.2. The molecule has 1 N–H and O–H groups in total. The lowest BCUT2D eigenvalue weighted by molar-refractivity contribution is -0.136. The zero-order valence-corrected chi connectivity index (χ0v) is 36.7. The van der Waals surface area contributed by atoms with Crippen LogP contribution in [0.1, 0.15) is 125 Å². The molecule has 16 nitrogen and oxygen atoms in total. The summed E-state index contributed by atoms with van der Waals surface area (Å²) >= 11 is 0. The molecule has 0 saturated carbocycles. The number of unbranched alkanes of at least 4 members (excludes halogenated alkanes) is 1. The second-order valence-electron chi connectivity index (χ2n) is 18.3. The molecule has 2 saturated heterocycles. The van der Waals surface area contributed by atoms with Crippen LogP contribution in [0.25, 0.3) is 11.1 Å². The van der Waals surface area contributed by atoms with Gasteiger partial charge in [-0.2, -0.15) is 10.2 Å². The van der Waals surface area contributed by atoms with Crippen LogP contribution in [-0.4, -0.2) is 113 Å². The van der Waals surface area contributed by atoms with Crippen molar-refractivity contribution in [2.45, 2.75) is 109 Å². The summed E-state index contributed by atoms with van der Waals surface area (Å²) in [5.74, 6) is -1.25. The topological polar surface area (TPSA) is 166 Å². The number of carbonyl (C=O) groups excluding carboxylic acids is 6. The second-order valence-corrected chi connectivity index (χ2v) is 18.3. The molecule has 65 heavy (non-hydrogen) atoms. The zero-order valence-electron chi connectivity index (χ0n) is 36.7. The first kappa shape index (κ1) is 42.6. The molecule has 0 bridgehead atoms. The number of benzene rings is 2. The van der Waals surface area contributed by atoms with Gasteiger partial charge in [-0.25, -0.2) is 8.78 Å². The van der Waals surface area contributed by atoms with Crippen molar-refractivity contribution in [2.75, 3.05) is 37.6 Å². The maximum Gasteiger partial charge on any atom is 0.264 e. The molecule has 0 aliphatic carbocycles. The summed E-state index contributed by atoms with van der Waals surface area (Å²) in [6.07, 6.45) is 6.46. The number of carbonyl (C=O) groups is 6. The van der Waals surface area contributed by atoms with Gasteiger partial charge in [0.05, 0.1) is 29.9 Å². The number of anilines is 2. The van der Waals surface area contributed by atoms with Crippen LogP contribution < -0.4 is 10.2 Å². The Bertz CT molecular complexity index is 2600. The highest BCUT2D eigenvalue weighted by molar-refractivity contribution is 6.23. The fourth-order valence-corrected chi connectivity index (χ4v) is 10.8. The van der Waals surface area contributed by atoms with Gasteiger partial charge in [0.25, 0.3) is 18.2 Å². The van der Waals surface area contributed by atoms with Crippen molar-refractivity contribution < 1.29 is 37.5 Å². The number of hydrogen-bond acceptors (Lipinski definition) is 10. The minimum Gasteiger partial charge on any atom is -0.343 e. The molecule has 1 unspecified atom stereocenters. The standard InChI is InChI=1S/C47H52F2N10O6/c1-27(60)56-17-12-38-37(26-56)44(57-14-5-6-28-18-33(31-22-50-53(2)23-31)34(43(48)49)21-40(28)57)52-59(38)32-10-15-55(16-11-32)42(62)7-3-4-13-54-24-29-19-35-36(20-30(29)25-54)47(65)58(46(35)64)39-8-9-41(61)51-45(39)63/h18-23,32,39,43H,3-17,24-26H2,1-2H3,(H,51,61,63). The van der Waals surface area contributed by atoms with Gasteiger partial charge in [-0.05, 0) is 98.0 Å². The van der Waals surface area contributed by atoms with Crippen molar-refractivity contribution >= 4 is 46.9 Å². The van der Waals surface area contributed by atoms with E-state index in [-0.39, 0.29) is 47.4 Å². The Balaban J connectivity index is 0.763. The third-order valence-corrected chi connectivity index (χ3v) is 14.2. The van der Waals surface area contributed by atoms with Gasteiger partial charge in [-0.1, -0.05) is 0 Å². The number of fused-ring (bicyclic) bond motifs is 4.